The molecule has 0 spiro atoms. The number of aromatic nitrogens is 4. The summed E-state index contributed by atoms with van der Waals surface area (Å²) in [5.41, 5.74) is 2.76. The molecule has 2 aromatic heterocycles. The summed E-state index contributed by atoms with van der Waals surface area (Å²) >= 11 is 0. The third kappa shape index (κ3) is 5.13. The van der Waals surface area contributed by atoms with Crippen LogP contribution in [-0.2, 0) is 13.0 Å². The second-order valence-electron chi connectivity index (χ2n) is 6.11. The van der Waals surface area contributed by atoms with Crippen molar-refractivity contribution in [1.29, 1.82) is 0 Å². The Hall–Kier alpha value is -3.22. The lowest BCUT2D eigenvalue weighted by atomic mass is 10.1. The van der Waals surface area contributed by atoms with E-state index in [0.29, 0.717) is 31.1 Å². The SMILES string of the molecule is CCc1c(C(=O)NCCCNc2ncccn2)cnn1Cc1ccccc1. The Bertz CT molecular complexity index is 847. The van der Waals surface area contributed by atoms with Gasteiger partial charge in [0.2, 0.25) is 5.95 Å². The van der Waals surface area contributed by atoms with E-state index in [4.69, 9.17) is 0 Å². The fourth-order valence-corrected chi connectivity index (χ4v) is 2.84. The van der Waals surface area contributed by atoms with Gasteiger partial charge in [-0.25, -0.2) is 9.97 Å². The minimum absolute atomic E-state index is 0.0814. The van der Waals surface area contributed by atoms with Crippen molar-refractivity contribution >= 4 is 11.9 Å². The third-order valence-electron chi connectivity index (χ3n) is 4.19. The van der Waals surface area contributed by atoms with E-state index in [-0.39, 0.29) is 5.91 Å². The van der Waals surface area contributed by atoms with E-state index in [0.717, 1.165) is 24.1 Å². The van der Waals surface area contributed by atoms with Crippen LogP contribution >= 0.6 is 0 Å². The summed E-state index contributed by atoms with van der Waals surface area (Å²) in [5, 5.41) is 10.5. The second-order valence-corrected chi connectivity index (χ2v) is 6.11. The quantitative estimate of drug-likeness (QED) is 0.570. The third-order valence-corrected chi connectivity index (χ3v) is 4.19. The molecule has 0 fully saturated rings. The standard InChI is InChI=1S/C20H24N6O/c1-2-18-17(14-25-26(18)15-16-8-4-3-5-9-16)19(27)21-10-6-11-22-20-23-12-7-13-24-20/h3-5,7-9,12-14H,2,6,10-11,15H2,1H3,(H,21,27)(H,22,23,24). The van der Waals surface area contributed by atoms with Crippen molar-refractivity contribution < 1.29 is 4.79 Å². The van der Waals surface area contributed by atoms with E-state index in [9.17, 15) is 4.79 Å². The topological polar surface area (TPSA) is 84.7 Å². The average molecular weight is 364 g/mol. The van der Waals surface area contributed by atoms with Gasteiger partial charge in [-0.1, -0.05) is 37.3 Å². The van der Waals surface area contributed by atoms with Crippen LogP contribution in [0.4, 0.5) is 5.95 Å². The molecule has 1 amide bonds. The molecular weight excluding hydrogens is 340 g/mol. The van der Waals surface area contributed by atoms with Crippen LogP contribution in [-0.4, -0.2) is 38.7 Å². The summed E-state index contributed by atoms with van der Waals surface area (Å²) in [6.45, 7) is 3.97. The number of rotatable bonds is 9. The molecule has 0 saturated carbocycles. The predicted octanol–water partition coefficient (Wildman–Crippen LogP) is 2.52. The molecule has 0 unspecified atom stereocenters. The molecule has 0 bridgehead atoms. The highest BCUT2D eigenvalue weighted by Gasteiger charge is 2.15. The Labute approximate surface area is 158 Å². The highest BCUT2D eigenvalue weighted by Crippen LogP contribution is 2.12. The molecule has 3 rings (SSSR count). The molecule has 0 saturated heterocycles. The molecule has 7 heteroatoms. The number of carbonyl (C=O) groups excluding carboxylic acids is 1. The Morgan fingerprint density at radius 2 is 1.85 bits per heavy atom. The minimum Gasteiger partial charge on any atom is -0.354 e. The Morgan fingerprint density at radius 1 is 1.07 bits per heavy atom. The first kappa shape index (κ1) is 18.6. The lowest BCUT2D eigenvalue weighted by molar-refractivity contribution is 0.0952. The van der Waals surface area contributed by atoms with Crippen molar-refractivity contribution in [2.45, 2.75) is 26.3 Å². The van der Waals surface area contributed by atoms with Crippen LogP contribution in [0.3, 0.4) is 0 Å². The maximum absolute atomic E-state index is 12.5. The van der Waals surface area contributed by atoms with Gasteiger partial charge in [-0.2, -0.15) is 5.10 Å². The Morgan fingerprint density at radius 3 is 2.59 bits per heavy atom. The summed E-state index contributed by atoms with van der Waals surface area (Å²) in [6, 6.07) is 11.9. The van der Waals surface area contributed by atoms with Crippen molar-refractivity contribution in [3.05, 3.63) is 71.8 Å². The van der Waals surface area contributed by atoms with Gasteiger partial charge in [-0.3, -0.25) is 9.48 Å². The largest absolute Gasteiger partial charge is 0.354 e. The normalized spacial score (nSPS) is 10.6. The molecule has 27 heavy (non-hydrogen) atoms. The van der Waals surface area contributed by atoms with Gasteiger partial charge in [0.1, 0.15) is 0 Å². The molecule has 0 aliphatic carbocycles. The van der Waals surface area contributed by atoms with Gasteiger partial charge < -0.3 is 10.6 Å². The average Bonchev–Trinajstić information content (AvgIpc) is 3.11. The van der Waals surface area contributed by atoms with Crippen LogP contribution < -0.4 is 10.6 Å². The molecule has 2 heterocycles. The number of amides is 1. The monoisotopic (exact) mass is 364 g/mol. The van der Waals surface area contributed by atoms with E-state index in [2.05, 4.69) is 37.8 Å². The van der Waals surface area contributed by atoms with Crippen LogP contribution in [0, 0.1) is 0 Å². The molecule has 3 aromatic rings. The summed E-state index contributed by atoms with van der Waals surface area (Å²) in [7, 11) is 0. The molecule has 0 aliphatic heterocycles. The van der Waals surface area contributed by atoms with E-state index in [1.54, 1.807) is 24.7 Å². The molecule has 7 nitrogen and oxygen atoms in total. The van der Waals surface area contributed by atoms with Crippen molar-refractivity contribution in [3.8, 4) is 0 Å². The van der Waals surface area contributed by atoms with Crippen LogP contribution in [0.1, 0.15) is 35.0 Å². The lowest BCUT2D eigenvalue weighted by Crippen LogP contribution is -2.26. The summed E-state index contributed by atoms with van der Waals surface area (Å²) in [5.74, 6) is 0.515. The molecule has 2 N–H and O–H groups in total. The molecule has 0 aliphatic rings. The first-order chi connectivity index (χ1) is 13.3. The van der Waals surface area contributed by atoms with Crippen LogP contribution in [0.5, 0.6) is 0 Å². The zero-order valence-corrected chi connectivity index (χ0v) is 15.4. The fraction of sp³-hybridized carbons (Fsp3) is 0.300. The lowest BCUT2D eigenvalue weighted by Gasteiger charge is -2.09. The van der Waals surface area contributed by atoms with Crippen LogP contribution in [0.15, 0.2) is 55.0 Å². The van der Waals surface area contributed by atoms with Gasteiger partial charge in [0.25, 0.3) is 5.91 Å². The molecule has 1 aromatic carbocycles. The van der Waals surface area contributed by atoms with E-state index in [1.165, 1.54) is 0 Å². The van der Waals surface area contributed by atoms with Crippen molar-refractivity contribution in [2.75, 3.05) is 18.4 Å². The van der Waals surface area contributed by atoms with Crippen LogP contribution in [0.2, 0.25) is 0 Å². The van der Waals surface area contributed by atoms with E-state index >= 15 is 0 Å². The number of carbonyl (C=O) groups is 1. The van der Waals surface area contributed by atoms with Crippen LogP contribution in [0.25, 0.3) is 0 Å². The number of benzene rings is 1. The summed E-state index contributed by atoms with van der Waals surface area (Å²) in [4.78, 5) is 20.7. The minimum atomic E-state index is -0.0814. The molecular formula is C20H24N6O. The number of anilines is 1. The smallest absolute Gasteiger partial charge is 0.254 e. The number of hydrogen-bond donors (Lipinski definition) is 2. The van der Waals surface area contributed by atoms with Crippen molar-refractivity contribution in [3.63, 3.8) is 0 Å². The number of hydrogen-bond acceptors (Lipinski definition) is 5. The van der Waals surface area contributed by atoms with Gasteiger partial charge in [0.15, 0.2) is 0 Å². The maximum atomic E-state index is 12.5. The highest BCUT2D eigenvalue weighted by atomic mass is 16.1. The molecule has 0 atom stereocenters. The number of nitrogens with one attached hydrogen (secondary N) is 2. The number of nitrogens with zero attached hydrogens (tertiary/aromatic N) is 4. The van der Waals surface area contributed by atoms with Crippen molar-refractivity contribution in [1.82, 2.24) is 25.1 Å². The van der Waals surface area contributed by atoms with Gasteiger partial charge in [-0.05, 0) is 24.5 Å². The fourth-order valence-electron chi connectivity index (χ4n) is 2.84. The highest BCUT2D eigenvalue weighted by molar-refractivity contribution is 5.95. The Balaban J connectivity index is 1.50. The first-order valence-electron chi connectivity index (χ1n) is 9.15. The zero-order chi connectivity index (χ0) is 18.9. The summed E-state index contributed by atoms with van der Waals surface area (Å²) in [6.07, 6.45) is 6.58. The van der Waals surface area contributed by atoms with Gasteiger partial charge in [0.05, 0.1) is 24.0 Å². The van der Waals surface area contributed by atoms with Gasteiger partial charge in [-0.15, -0.1) is 0 Å². The maximum Gasteiger partial charge on any atom is 0.254 e. The molecule has 0 radical (unpaired) electrons. The second kappa shape index (κ2) is 9.47. The van der Waals surface area contributed by atoms with Gasteiger partial charge in [0, 0.05) is 25.5 Å². The molecule has 140 valence electrons. The van der Waals surface area contributed by atoms with E-state index < -0.39 is 0 Å². The Kier molecular flexibility index (Phi) is 6.51. The first-order valence-corrected chi connectivity index (χ1v) is 9.15. The van der Waals surface area contributed by atoms with E-state index in [1.807, 2.05) is 29.8 Å². The predicted molar refractivity (Wildman–Crippen MR) is 105 cm³/mol. The van der Waals surface area contributed by atoms with Crippen molar-refractivity contribution in [2.24, 2.45) is 0 Å². The van der Waals surface area contributed by atoms with Gasteiger partial charge >= 0.3 is 0 Å². The summed E-state index contributed by atoms with van der Waals surface area (Å²) < 4.78 is 1.90. The zero-order valence-electron chi connectivity index (χ0n) is 15.4.